The molecule has 1 aromatic rings. The van der Waals surface area contributed by atoms with E-state index in [1.807, 2.05) is 13.8 Å². The number of hydrogen-bond acceptors (Lipinski definition) is 2. The summed E-state index contributed by atoms with van der Waals surface area (Å²) >= 11 is 0. The van der Waals surface area contributed by atoms with Crippen molar-refractivity contribution >= 4 is 0 Å². The molecule has 1 aromatic carbocycles. The van der Waals surface area contributed by atoms with Gasteiger partial charge in [-0.15, -0.1) is 0 Å². The van der Waals surface area contributed by atoms with Crippen LogP contribution in [0.25, 0.3) is 0 Å². The van der Waals surface area contributed by atoms with Crippen molar-refractivity contribution in [2.75, 3.05) is 13.4 Å². The van der Waals surface area contributed by atoms with Gasteiger partial charge in [-0.25, -0.2) is 0 Å². The Kier molecular flexibility index (Phi) is 6.69. The Morgan fingerprint density at radius 1 is 0.917 bits per heavy atom. The molecule has 0 fully saturated rings. The van der Waals surface area contributed by atoms with Crippen LogP contribution in [0.3, 0.4) is 0 Å². The number of rotatable bonds is 7. The van der Waals surface area contributed by atoms with E-state index in [1.54, 1.807) is 0 Å². The third kappa shape index (κ3) is 4.03. The first-order valence-corrected chi connectivity index (χ1v) is 7.46. The summed E-state index contributed by atoms with van der Waals surface area (Å²) in [4.78, 5) is 0. The van der Waals surface area contributed by atoms with Gasteiger partial charge >= 0.3 is 12.4 Å². The lowest BCUT2D eigenvalue weighted by Gasteiger charge is -2.37. The topological polar surface area (TPSA) is 18.5 Å². The molecular weight excluding hydrogens is 338 g/mol. The second-order valence-corrected chi connectivity index (χ2v) is 5.36. The average Bonchev–Trinajstić information content (AvgIpc) is 2.48. The van der Waals surface area contributed by atoms with E-state index in [0.717, 1.165) is 12.1 Å². The van der Waals surface area contributed by atoms with Crippen molar-refractivity contribution in [3.8, 4) is 0 Å². The summed E-state index contributed by atoms with van der Waals surface area (Å²) in [7, 11) is 0. The fraction of sp³-hybridized carbons (Fsp3) is 0.625. The molecule has 0 aliphatic heterocycles. The molecule has 1 atom stereocenters. The summed E-state index contributed by atoms with van der Waals surface area (Å²) in [5.74, 6) is 0.0227. The molecule has 24 heavy (non-hydrogen) atoms. The van der Waals surface area contributed by atoms with Crippen molar-refractivity contribution in [1.82, 2.24) is 0 Å². The zero-order valence-electron chi connectivity index (χ0n) is 13.6. The van der Waals surface area contributed by atoms with E-state index >= 15 is 0 Å². The Hall–Kier alpha value is -1.28. The molecule has 0 aromatic heterocycles. The normalized spacial score (nSPS) is 14.7. The van der Waals surface area contributed by atoms with Gasteiger partial charge in [0.1, 0.15) is 6.79 Å². The lowest BCUT2D eigenvalue weighted by Crippen LogP contribution is -2.56. The zero-order chi connectivity index (χ0) is 18.6. The van der Waals surface area contributed by atoms with Crippen LogP contribution in [-0.2, 0) is 15.1 Å². The van der Waals surface area contributed by atoms with Crippen molar-refractivity contribution in [2.24, 2.45) is 0 Å². The quantitative estimate of drug-likeness (QED) is 0.362. The van der Waals surface area contributed by atoms with Crippen LogP contribution in [0.5, 0.6) is 0 Å². The first-order valence-electron chi connectivity index (χ1n) is 7.46. The van der Waals surface area contributed by atoms with E-state index in [0.29, 0.717) is 12.0 Å². The van der Waals surface area contributed by atoms with Crippen LogP contribution in [0.2, 0.25) is 0 Å². The number of alkyl halides is 6. The van der Waals surface area contributed by atoms with Gasteiger partial charge in [0.15, 0.2) is 0 Å². The third-order valence-electron chi connectivity index (χ3n) is 3.86. The highest BCUT2D eigenvalue weighted by Crippen LogP contribution is 2.53. The van der Waals surface area contributed by atoms with E-state index in [4.69, 9.17) is 0 Å². The average molecular weight is 358 g/mol. The second kappa shape index (κ2) is 7.74. The SMILES string of the molecule is CCOCOC(c1ccc(C(C)CC)cc1)(C(F)(F)F)C(F)(F)F. The molecule has 1 rings (SSSR count). The highest BCUT2D eigenvalue weighted by molar-refractivity contribution is 5.32. The van der Waals surface area contributed by atoms with Gasteiger partial charge in [0, 0.05) is 12.2 Å². The van der Waals surface area contributed by atoms with Crippen LogP contribution in [0.4, 0.5) is 26.3 Å². The third-order valence-corrected chi connectivity index (χ3v) is 3.86. The van der Waals surface area contributed by atoms with Crippen LogP contribution in [-0.4, -0.2) is 25.8 Å². The Morgan fingerprint density at radius 2 is 1.42 bits per heavy atom. The lowest BCUT2D eigenvalue weighted by atomic mass is 9.89. The highest BCUT2D eigenvalue weighted by atomic mass is 19.4. The maximum Gasteiger partial charge on any atom is 0.430 e. The minimum absolute atomic E-state index is 0.0227. The summed E-state index contributed by atoms with van der Waals surface area (Å²) in [6.07, 6.45) is -10.7. The Balaban J connectivity index is 3.40. The Bertz CT molecular complexity index is 493. The fourth-order valence-corrected chi connectivity index (χ4v) is 2.23. The zero-order valence-corrected chi connectivity index (χ0v) is 13.6. The summed E-state index contributed by atoms with van der Waals surface area (Å²) < 4.78 is 89.3. The molecule has 0 saturated carbocycles. The molecule has 0 radical (unpaired) electrons. The largest absolute Gasteiger partial charge is 0.430 e. The summed E-state index contributed by atoms with van der Waals surface area (Å²) in [5.41, 5.74) is -4.79. The second-order valence-electron chi connectivity index (χ2n) is 5.36. The molecule has 0 saturated heterocycles. The smallest absolute Gasteiger partial charge is 0.356 e. The highest BCUT2D eigenvalue weighted by Gasteiger charge is 2.73. The number of ether oxygens (including phenoxy) is 2. The van der Waals surface area contributed by atoms with Crippen molar-refractivity contribution in [1.29, 1.82) is 0 Å². The molecule has 0 N–H and O–H groups in total. The molecule has 8 heteroatoms. The maximum absolute atomic E-state index is 13.4. The molecule has 0 spiro atoms. The predicted molar refractivity (Wildman–Crippen MR) is 76.5 cm³/mol. The van der Waals surface area contributed by atoms with E-state index in [-0.39, 0.29) is 12.5 Å². The van der Waals surface area contributed by atoms with Gasteiger partial charge in [0.05, 0.1) is 0 Å². The first kappa shape index (κ1) is 20.8. The molecule has 1 unspecified atom stereocenters. The van der Waals surface area contributed by atoms with E-state index in [2.05, 4.69) is 9.47 Å². The van der Waals surface area contributed by atoms with Crippen molar-refractivity contribution < 1.29 is 35.8 Å². The predicted octanol–water partition coefficient (Wildman–Crippen LogP) is 5.53. The minimum atomic E-state index is -5.69. The van der Waals surface area contributed by atoms with Crippen LogP contribution in [0, 0.1) is 0 Å². The minimum Gasteiger partial charge on any atom is -0.356 e. The van der Waals surface area contributed by atoms with Gasteiger partial charge in [-0.05, 0) is 24.8 Å². The first-order chi connectivity index (χ1) is 11.0. The number of halogens is 6. The van der Waals surface area contributed by atoms with Gasteiger partial charge in [-0.1, -0.05) is 38.1 Å². The van der Waals surface area contributed by atoms with Gasteiger partial charge in [-0.3, -0.25) is 0 Å². The molecule has 0 aliphatic rings. The van der Waals surface area contributed by atoms with Crippen LogP contribution in [0.1, 0.15) is 44.2 Å². The molecule has 138 valence electrons. The molecule has 0 aliphatic carbocycles. The van der Waals surface area contributed by atoms with Gasteiger partial charge in [-0.2, -0.15) is 26.3 Å². The van der Waals surface area contributed by atoms with E-state index < -0.39 is 30.3 Å². The van der Waals surface area contributed by atoms with Crippen LogP contribution < -0.4 is 0 Å². The molecule has 0 heterocycles. The van der Waals surface area contributed by atoms with E-state index in [1.165, 1.54) is 19.1 Å². The van der Waals surface area contributed by atoms with Gasteiger partial charge in [0.2, 0.25) is 0 Å². The summed E-state index contributed by atoms with van der Waals surface area (Å²) in [6.45, 7) is 3.95. The number of hydrogen-bond donors (Lipinski definition) is 0. The standard InChI is InChI=1S/C16H20F6O2/c1-4-11(3)12-6-8-13(9-7-12)14(15(17,18)19,16(20,21)22)24-10-23-5-2/h6-9,11H,4-5,10H2,1-3H3. The van der Waals surface area contributed by atoms with Gasteiger partial charge < -0.3 is 9.47 Å². The molecular formula is C16H20F6O2. The lowest BCUT2D eigenvalue weighted by molar-refractivity contribution is -0.401. The fourth-order valence-electron chi connectivity index (χ4n) is 2.23. The number of benzene rings is 1. The molecule has 0 amide bonds. The van der Waals surface area contributed by atoms with Crippen LogP contribution >= 0.6 is 0 Å². The van der Waals surface area contributed by atoms with Crippen molar-refractivity contribution in [3.63, 3.8) is 0 Å². The Labute approximate surface area is 136 Å². The molecule has 2 nitrogen and oxygen atoms in total. The summed E-state index contributed by atoms with van der Waals surface area (Å²) in [6, 6.07) is 4.16. The van der Waals surface area contributed by atoms with Gasteiger partial charge in [0.25, 0.3) is 5.60 Å². The Morgan fingerprint density at radius 3 is 1.79 bits per heavy atom. The molecule has 0 bridgehead atoms. The van der Waals surface area contributed by atoms with Crippen LogP contribution in [0.15, 0.2) is 24.3 Å². The van der Waals surface area contributed by atoms with Crippen molar-refractivity contribution in [2.45, 2.75) is 51.1 Å². The summed E-state index contributed by atoms with van der Waals surface area (Å²) in [5, 5.41) is 0. The maximum atomic E-state index is 13.4. The monoisotopic (exact) mass is 358 g/mol. The van der Waals surface area contributed by atoms with E-state index in [9.17, 15) is 26.3 Å². The van der Waals surface area contributed by atoms with Crippen molar-refractivity contribution in [3.05, 3.63) is 35.4 Å².